The first-order valence-electron chi connectivity index (χ1n) is 35.5. The minimum atomic E-state index is 0.436. The summed E-state index contributed by atoms with van der Waals surface area (Å²) < 4.78 is 21.0. The van der Waals surface area contributed by atoms with Crippen molar-refractivity contribution in [3.05, 3.63) is 218 Å². The van der Waals surface area contributed by atoms with Crippen LogP contribution in [0.1, 0.15) is 147 Å². The van der Waals surface area contributed by atoms with Gasteiger partial charge in [0.25, 0.3) is 0 Å². The number of hydrogen-bond acceptors (Lipinski definition) is 23. The molecule has 0 spiro atoms. The molecule has 12 aromatic heterocycles. The predicted octanol–water partition coefficient (Wildman–Crippen LogP) is 15.2. The molecule has 0 radical (unpaired) electrons. The van der Waals surface area contributed by atoms with E-state index in [1.54, 1.807) is 67.4 Å². The summed E-state index contributed by atoms with van der Waals surface area (Å²) in [5, 5.41) is 10.9. The summed E-state index contributed by atoms with van der Waals surface area (Å²) in [6, 6.07) is 18.7. The van der Waals surface area contributed by atoms with Gasteiger partial charge in [-0.3, -0.25) is 59.3 Å². The topological polar surface area (TPSA) is 242 Å². The zero-order chi connectivity index (χ0) is 70.0. The maximum absolute atomic E-state index is 5.40. The highest BCUT2D eigenvalue weighted by Crippen LogP contribution is 2.42. The molecule has 6 aliphatic rings. The van der Waals surface area contributed by atoms with Crippen LogP contribution in [0.15, 0.2) is 202 Å². The minimum Gasteiger partial charge on any atom is -0.445 e. The van der Waals surface area contributed by atoms with Crippen molar-refractivity contribution in [1.29, 1.82) is 0 Å². The van der Waals surface area contributed by atoms with Gasteiger partial charge in [-0.1, -0.05) is 10.3 Å². The Kier molecular flexibility index (Phi) is 24.1. The van der Waals surface area contributed by atoms with Gasteiger partial charge in [0, 0.05) is 173 Å². The Morgan fingerprint density at radius 1 is 0.382 bits per heavy atom. The number of oxazole rings is 2. The van der Waals surface area contributed by atoms with Gasteiger partial charge in [0.1, 0.15) is 23.2 Å². The summed E-state index contributed by atoms with van der Waals surface area (Å²) in [5.74, 6) is 2.33. The average Bonchev–Trinajstić information content (AvgIpc) is 1.71. The Morgan fingerprint density at radius 2 is 0.824 bits per heavy atom. The molecule has 24 heteroatoms. The van der Waals surface area contributed by atoms with E-state index in [2.05, 4.69) is 149 Å². The summed E-state index contributed by atoms with van der Waals surface area (Å²) in [5.41, 5.74) is 16.4. The standard InChI is InChI=1S/C13H16N4.4C13H15N3O.C13H15N3S/c1-17-6-2-3-13(17)11-7-14-5-4-10(11)12-8-15-9-16-12;1-16-8-2-3-12(16)11-9-14-6-4-10(11)13-5-7-15-17-13;1-16-7-2-3-13(16)11-9-14-6-4-10(11)12-5-8-17-15-12;1-16-7-2-3-12(16)11-9-14-5-4-10(11)13-15-6-8-17-13;1-16-6-2-3-12(16)11-7-14-5-4-10(11)13-8-15-9-17-13;1-16-7-2-3-12(16)11-9-14-5-4-10(11)13-15-6-8-17-13/h4-5,7-9,13H,2-3,6H2,1H3,(H,15,16);4-7,9,12H,2-3,8H2,1H3;4-6,8-9,13H,2-3,7H2,1H3;4-6,8-9,12H,2-3,7H2,1H3;4-5,7-9,12H,2-3,6H2,1H3;4-6,8-9,12H,2-3,7H2,1H3/t13-;12-;13-;3*12-/m000000/s1. The average molecular weight is 1390 g/mol. The van der Waals surface area contributed by atoms with E-state index in [1.165, 1.54) is 141 Å². The minimum absolute atomic E-state index is 0.436. The molecule has 18 rings (SSSR count). The van der Waals surface area contributed by atoms with E-state index in [0.717, 1.165) is 76.3 Å². The number of hydrogen-bond donors (Lipinski definition) is 1. The summed E-state index contributed by atoms with van der Waals surface area (Å²) in [6.45, 7) is 6.94. The maximum Gasteiger partial charge on any atom is 0.226 e. The molecule has 18 heterocycles. The first kappa shape index (κ1) is 70.8. The largest absolute Gasteiger partial charge is 0.445 e. The molecule has 23 nitrogen and oxygen atoms in total. The number of likely N-dealkylation sites (tertiary alicyclic amines) is 6. The molecule has 0 saturated carbocycles. The number of aromatic nitrogens is 13. The second-order valence-corrected chi connectivity index (χ2v) is 27.8. The van der Waals surface area contributed by atoms with Gasteiger partial charge < -0.3 is 22.9 Å². The molecule has 1 N–H and O–H groups in total. The molecule has 12 aromatic rings. The lowest BCUT2D eigenvalue weighted by atomic mass is 9.99. The molecule has 0 aromatic carbocycles. The fourth-order valence-electron chi connectivity index (χ4n) is 15.3. The number of nitrogens with zero attached hydrogens (tertiary/aromatic N) is 18. The molecule has 0 aliphatic carbocycles. The van der Waals surface area contributed by atoms with Gasteiger partial charge in [-0.15, -0.1) is 11.3 Å². The highest BCUT2D eigenvalue weighted by Gasteiger charge is 2.32. The van der Waals surface area contributed by atoms with Gasteiger partial charge in [-0.2, -0.15) is 0 Å². The zero-order valence-electron chi connectivity index (χ0n) is 59.1. The third kappa shape index (κ3) is 16.9. The van der Waals surface area contributed by atoms with Crippen LogP contribution in [0.3, 0.4) is 0 Å². The van der Waals surface area contributed by atoms with Crippen LogP contribution in [0.5, 0.6) is 0 Å². The Hall–Kier alpha value is -9.66. The molecule has 6 atom stereocenters. The number of nitrogens with one attached hydrogen (secondary N) is 1. The monoisotopic (exact) mass is 1390 g/mol. The van der Waals surface area contributed by atoms with Crippen LogP contribution < -0.4 is 0 Å². The van der Waals surface area contributed by atoms with Crippen molar-refractivity contribution in [2.24, 2.45) is 0 Å². The number of rotatable bonds is 12. The lowest BCUT2D eigenvalue weighted by Gasteiger charge is -2.21. The van der Waals surface area contributed by atoms with Crippen molar-refractivity contribution in [1.82, 2.24) is 94.5 Å². The van der Waals surface area contributed by atoms with Gasteiger partial charge >= 0.3 is 0 Å². The van der Waals surface area contributed by atoms with E-state index >= 15 is 0 Å². The molecule has 0 bridgehead atoms. The van der Waals surface area contributed by atoms with Gasteiger partial charge in [-0.05, 0) is 223 Å². The van der Waals surface area contributed by atoms with Crippen LogP contribution in [-0.2, 0) is 0 Å². The lowest BCUT2D eigenvalue weighted by Crippen LogP contribution is -2.18. The van der Waals surface area contributed by atoms with Crippen LogP contribution in [0.25, 0.3) is 67.2 Å². The van der Waals surface area contributed by atoms with Gasteiger partial charge in [0.2, 0.25) is 5.89 Å². The maximum atomic E-state index is 5.40. The molecular weight excluding hydrogens is 1300 g/mol. The Balaban J connectivity index is 0.000000109. The first-order chi connectivity index (χ1) is 50.2. The first-order valence-corrected chi connectivity index (χ1v) is 36.4. The van der Waals surface area contributed by atoms with Crippen molar-refractivity contribution >= 4 is 11.3 Å². The molecule has 102 heavy (non-hydrogen) atoms. The van der Waals surface area contributed by atoms with E-state index in [4.69, 9.17) is 17.9 Å². The predicted molar refractivity (Wildman–Crippen MR) is 394 cm³/mol. The van der Waals surface area contributed by atoms with Crippen molar-refractivity contribution < 1.29 is 17.9 Å². The normalized spacial score (nSPS) is 20.9. The van der Waals surface area contributed by atoms with Gasteiger partial charge in [-0.25, -0.2) is 19.9 Å². The van der Waals surface area contributed by atoms with Crippen LogP contribution in [0, 0.1) is 0 Å². The van der Waals surface area contributed by atoms with E-state index in [9.17, 15) is 0 Å². The smallest absolute Gasteiger partial charge is 0.226 e. The summed E-state index contributed by atoms with van der Waals surface area (Å²) in [7, 11) is 13.0. The molecule has 6 saturated heterocycles. The number of thiazole rings is 1. The van der Waals surface area contributed by atoms with Crippen molar-refractivity contribution in [3.8, 4) is 67.2 Å². The number of H-pyrrole nitrogens is 1. The molecule has 6 fully saturated rings. The second kappa shape index (κ2) is 34.8. The molecule has 528 valence electrons. The SMILES string of the molecule is CN1CCC[C@H]1c1cnccc1-c1ccno1.CN1CCC[C@H]1c1cnccc1-c1ccon1.CN1CCC[C@H]1c1cnccc1-c1cnc[nH]1.CN1CCC[C@H]1c1cnccc1-c1cnco1.CN1CCC[C@H]1c1cnccc1-c1ncco1.CN1CCC[C@H]1c1cnccc1-c1nccs1. The van der Waals surface area contributed by atoms with Crippen molar-refractivity contribution in [2.45, 2.75) is 113 Å². The quantitative estimate of drug-likeness (QED) is 0.119. The summed E-state index contributed by atoms with van der Waals surface area (Å²) in [6.07, 6.45) is 52.6. The Morgan fingerprint density at radius 3 is 1.22 bits per heavy atom. The van der Waals surface area contributed by atoms with Crippen LogP contribution in [0.2, 0.25) is 0 Å². The molecule has 6 aliphatic heterocycles. The van der Waals surface area contributed by atoms with Crippen molar-refractivity contribution in [2.75, 3.05) is 81.6 Å². The molecule has 0 unspecified atom stereocenters. The lowest BCUT2D eigenvalue weighted by molar-refractivity contribution is 0.317. The van der Waals surface area contributed by atoms with Gasteiger partial charge in [0.05, 0.1) is 36.8 Å². The van der Waals surface area contributed by atoms with E-state index < -0.39 is 0 Å². The third-order valence-electron chi connectivity index (χ3n) is 20.6. The molecular formula is C78H91N19O4S. The second-order valence-electron chi connectivity index (χ2n) is 26.9. The van der Waals surface area contributed by atoms with Crippen LogP contribution >= 0.6 is 11.3 Å². The number of imidazole rings is 1. The van der Waals surface area contributed by atoms with Gasteiger partial charge in [0.15, 0.2) is 17.9 Å². The number of aromatic amines is 1. The van der Waals surface area contributed by atoms with E-state index in [-0.39, 0.29) is 0 Å². The summed E-state index contributed by atoms with van der Waals surface area (Å²) >= 11 is 1.69. The van der Waals surface area contributed by atoms with E-state index in [1.807, 2.05) is 110 Å². The van der Waals surface area contributed by atoms with E-state index in [0.29, 0.717) is 42.1 Å². The zero-order valence-corrected chi connectivity index (χ0v) is 59.9. The number of pyridine rings is 6. The highest BCUT2D eigenvalue weighted by molar-refractivity contribution is 7.13. The fraction of sp³-hybridized carbons (Fsp3) is 0.385. The van der Waals surface area contributed by atoms with Crippen LogP contribution in [-0.4, -0.2) is 176 Å². The third-order valence-corrected chi connectivity index (χ3v) is 21.4. The highest BCUT2D eigenvalue weighted by atomic mass is 32.1. The fourth-order valence-corrected chi connectivity index (χ4v) is 16.0. The van der Waals surface area contributed by atoms with Crippen molar-refractivity contribution in [3.63, 3.8) is 0 Å². The summed E-state index contributed by atoms with van der Waals surface area (Å²) in [4.78, 5) is 59.7. The van der Waals surface area contributed by atoms with Crippen LogP contribution in [0.4, 0.5) is 0 Å². The molecule has 0 amide bonds. The Bertz CT molecular complexity index is 3700. The Labute approximate surface area is 600 Å².